The summed E-state index contributed by atoms with van der Waals surface area (Å²) in [7, 11) is 0. The summed E-state index contributed by atoms with van der Waals surface area (Å²) in [4.78, 5) is 58.4. The molecule has 2 amide bonds. The van der Waals surface area contributed by atoms with E-state index in [1.807, 2.05) is 6.07 Å². The predicted molar refractivity (Wildman–Crippen MR) is 183 cm³/mol. The van der Waals surface area contributed by atoms with Gasteiger partial charge in [0.1, 0.15) is 36.3 Å². The van der Waals surface area contributed by atoms with E-state index in [0.717, 1.165) is 22.3 Å². The lowest BCUT2D eigenvalue weighted by Gasteiger charge is -2.22. The van der Waals surface area contributed by atoms with E-state index in [1.54, 1.807) is 89.2 Å². The summed E-state index contributed by atoms with van der Waals surface area (Å²) in [5.74, 6) is -3.87. The van der Waals surface area contributed by atoms with Crippen LogP contribution in [0.4, 0.5) is 19.3 Å². The van der Waals surface area contributed by atoms with Gasteiger partial charge in [0.15, 0.2) is 0 Å². The number of hydrogen-bond acceptors (Lipinski definition) is 9. The zero-order valence-electron chi connectivity index (χ0n) is 28.6. The number of anilines is 1. The van der Waals surface area contributed by atoms with Gasteiger partial charge < -0.3 is 14.5 Å². The van der Waals surface area contributed by atoms with Crippen molar-refractivity contribution in [2.75, 3.05) is 5.32 Å². The van der Waals surface area contributed by atoms with Gasteiger partial charge in [0, 0.05) is 17.2 Å². The zero-order valence-corrected chi connectivity index (χ0v) is 28.6. The van der Waals surface area contributed by atoms with Crippen LogP contribution in [0, 0.1) is 24.5 Å². The van der Waals surface area contributed by atoms with E-state index in [2.05, 4.69) is 25.8 Å². The van der Waals surface area contributed by atoms with Crippen molar-refractivity contribution in [1.82, 2.24) is 25.1 Å². The third-order valence-electron chi connectivity index (χ3n) is 8.16. The number of nitrogens with one attached hydrogen (secondary N) is 2. The molecule has 0 aliphatic rings. The van der Waals surface area contributed by atoms with Crippen LogP contribution in [0.5, 0.6) is 0 Å². The molecule has 0 saturated heterocycles. The summed E-state index contributed by atoms with van der Waals surface area (Å²) >= 11 is 0. The molecule has 1 atom stereocenters. The van der Waals surface area contributed by atoms with Crippen molar-refractivity contribution in [2.45, 2.75) is 59.2 Å². The molecule has 0 spiro atoms. The third kappa shape index (κ3) is 8.23. The number of Topliss-reactive ketones (excluding diaryl/α,β-unsaturated/α-hetero) is 1. The second-order valence-electron chi connectivity index (χ2n) is 12.7. The maximum Gasteiger partial charge on any atom is 0.412 e. The van der Waals surface area contributed by atoms with Crippen molar-refractivity contribution in [1.29, 1.82) is 0 Å². The molecular formula is C37H36F2N6O6. The molecule has 0 radical (unpaired) electrons. The van der Waals surface area contributed by atoms with Gasteiger partial charge >= 0.3 is 6.09 Å². The minimum atomic E-state index is -1.23. The number of rotatable bonds is 12. The van der Waals surface area contributed by atoms with Crippen LogP contribution in [0.3, 0.4) is 0 Å². The van der Waals surface area contributed by atoms with Crippen LogP contribution < -0.4 is 16.2 Å². The lowest BCUT2D eigenvalue weighted by atomic mass is 9.84. The number of nitrogens with zero attached hydrogens (tertiary/aromatic N) is 4. The summed E-state index contributed by atoms with van der Waals surface area (Å²) in [6.07, 6.45) is -0.890. The highest BCUT2D eigenvalue weighted by atomic mass is 19.1. The maximum atomic E-state index is 14.6. The van der Waals surface area contributed by atoms with Gasteiger partial charge in [-0.3, -0.25) is 24.3 Å². The Morgan fingerprint density at radius 1 is 0.961 bits per heavy atom. The van der Waals surface area contributed by atoms with Gasteiger partial charge in [0.25, 0.3) is 11.4 Å². The maximum absolute atomic E-state index is 14.6. The Bertz CT molecular complexity index is 2120. The van der Waals surface area contributed by atoms with Crippen molar-refractivity contribution in [2.24, 2.45) is 5.92 Å². The molecule has 0 unspecified atom stereocenters. The molecule has 14 heteroatoms. The summed E-state index contributed by atoms with van der Waals surface area (Å²) in [6.45, 7) is 7.47. The molecule has 2 heterocycles. The smallest absolute Gasteiger partial charge is 0.412 e. The van der Waals surface area contributed by atoms with E-state index in [1.165, 1.54) is 6.07 Å². The van der Waals surface area contributed by atoms with Gasteiger partial charge in [0.05, 0.1) is 17.2 Å². The molecular weight excluding hydrogens is 662 g/mol. The highest BCUT2D eigenvalue weighted by Gasteiger charge is 2.36. The Balaban J connectivity index is 1.39. The second kappa shape index (κ2) is 15.2. The summed E-state index contributed by atoms with van der Waals surface area (Å²) in [5.41, 5.74) is -0.602. The number of benzene rings is 3. The quantitative estimate of drug-likeness (QED) is 0.150. The first-order chi connectivity index (χ1) is 24.3. The fourth-order valence-electron chi connectivity index (χ4n) is 5.34. The Hall–Kier alpha value is -6.05. The monoisotopic (exact) mass is 698 g/mol. The van der Waals surface area contributed by atoms with Gasteiger partial charge in [-0.15, -0.1) is 10.2 Å². The Labute approximate surface area is 291 Å². The van der Waals surface area contributed by atoms with Crippen molar-refractivity contribution in [3.05, 3.63) is 129 Å². The van der Waals surface area contributed by atoms with Crippen molar-refractivity contribution in [3.8, 4) is 11.4 Å². The van der Waals surface area contributed by atoms with Gasteiger partial charge in [-0.05, 0) is 38.3 Å². The highest BCUT2D eigenvalue weighted by Crippen LogP contribution is 2.33. The number of carbonyl (C=O) groups excluding carboxylic acids is 3. The summed E-state index contributed by atoms with van der Waals surface area (Å²) in [6, 6.07) is 19.6. The predicted octanol–water partition coefficient (Wildman–Crippen LogP) is 5.98. The fourth-order valence-corrected chi connectivity index (χ4v) is 5.34. The number of ketones is 1. The molecule has 0 bridgehead atoms. The summed E-state index contributed by atoms with van der Waals surface area (Å²) in [5, 5.41) is 12.9. The minimum absolute atomic E-state index is 0.0371. The molecule has 2 aromatic heterocycles. The van der Waals surface area contributed by atoms with Crippen molar-refractivity contribution in [3.63, 3.8) is 0 Å². The van der Waals surface area contributed by atoms with E-state index < -0.39 is 64.8 Å². The first-order valence-electron chi connectivity index (χ1n) is 16.0. The van der Waals surface area contributed by atoms with Crippen molar-refractivity contribution < 1.29 is 32.3 Å². The summed E-state index contributed by atoms with van der Waals surface area (Å²) < 4.78 is 40.2. The normalized spacial score (nSPS) is 12.0. The number of amides is 2. The average Bonchev–Trinajstić information content (AvgIpc) is 3.61. The molecule has 2 N–H and O–H groups in total. The molecule has 5 aromatic rings. The topological polar surface area (TPSA) is 158 Å². The SMILES string of the molecule is Cc1nc(-c2ccccc2)n(CC(=O)N[C@H](C(=O)c2nnc(C(C)(C)c3ccc(F)cc3F)o2)C(C)C)c(=O)c1NC(=O)OCc1ccccc1. The fraction of sp³-hybridized carbons (Fsp3) is 0.270. The molecule has 0 aliphatic heterocycles. The molecule has 0 saturated carbocycles. The molecule has 3 aromatic carbocycles. The van der Waals surface area contributed by atoms with Crippen LogP contribution in [-0.2, 0) is 28.1 Å². The van der Waals surface area contributed by atoms with Gasteiger partial charge in [0.2, 0.25) is 17.6 Å². The second-order valence-corrected chi connectivity index (χ2v) is 12.7. The number of ether oxygens (including phenoxy) is 1. The van der Waals surface area contributed by atoms with Gasteiger partial charge in [-0.2, -0.15) is 0 Å². The zero-order chi connectivity index (χ0) is 36.9. The molecule has 12 nitrogen and oxygen atoms in total. The Morgan fingerprint density at radius 2 is 1.63 bits per heavy atom. The number of aromatic nitrogens is 4. The largest absolute Gasteiger partial charge is 0.444 e. The van der Waals surface area contributed by atoms with E-state index >= 15 is 0 Å². The lowest BCUT2D eigenvalue weighted by molar-refractivity contribution is -0.122. The van der Waals surface area contributed by atoms with Gasteiger partial charge in [-0.25, -0.2) is 18.6 Å². The number of aryl methyl sites for hydroxylation is 1. The van der Waals surface area contributed by atoms with Crippen LogP contribution in [0.2, 0.25) is 0 Å². The van der Waals surface area contributed by atoms with E-state index in [9.17, 15) is 28.0 Å². The average molecular weight is 699 g/mol. The Morgan fingerprint density at radius 3 is 2.27 bits per heavy atom. The number of halogens is 2. The lowest BCUT2D eigenvalue weighted by Crippen LogP contribution is -2.47. The highest BCUT2D eigenvalue weighted by molar-refractivity contribution is 5.98. The number of hydrogen-bond donors (Lipinski definition) is 2. The van der Waals surface area contributed by atoms with E-state index in [0.29, 0.717) is 5.56 Å². The van der Waals surface area contributed by atoms with E-state index in [4.69, 9.17) is 9.15 Å². The molecule has 264 valence electrons. The van der Waals surface area contributed by atoms with Crippen LogP contribution in [0.25, 0.3) is 11.4 Å². The Kier molecular flexibility index (Phi) is 10.8. The van der Waals surface area contributed by atoms with Crippen LogP contribution in [0.1, 0.15) is 61.1 Å². The van der Waals surface area contributed by atoms with Gasteiger partial charge in [-0.1, -0.05) is 80.6 Å². The van der Waals surface area contributed by atoms with Crippen molar-refractivity contribution >= 4 is 23.5 Å². The standard InChI is InChI=1S/C37H36F2N6O6/c1-21(2)29(31(47)33-43-44-35(51-33)37(4,5)26-17-16-25(38)18-27(26)39)41-28(46)19-45-32(24-14-10-7-11-15-24)40-22(3)30(34(45)48)42-36(49)50-20-23-12-8-6-9-13-23/h6-18,21,29H,19-20H2,1-5H3,(H,41,46)(H,42,49)/t29-/m0/s1. The van der Waals surface area contributed by atoms with Crippen LogP contribution >= 0.6 is 0 Å². The molecule has 5 rings (SSSR count). The first kappa shape index (κ1) is 36.2. The third-order valence-corrected chi connectivity index (χ3v) is 8.16. The molecule has 0 fully saturated rings. The van der Waals surface area contributed by atoms with Crippen LogP contribution in [0.15, 0.2) is 88.1 Å². The first-order valence-corrected chi connectivity index (χ1v) is 16.0. The molecule has 0 aliphatic carbocycles. The number of carbonyl (C=O) groups is 3. The van der Waals surface area contributed by atoms with E-state index in [-0.39, 0.29) is 35.3 Å². The van der Waals surface area contributed by atoms with Crippen LogP contribution in [-0.4, -0.2) is 43.6 Å². The minimum Gasteiger partial charge on any atom is -0.444 e. The molecule has 51 heavy (non-hydrogen) atoms.